The molecule has 2 aromatic rings. The number of carbonyl (C=O) groups excluding carboxylic acids is 1. The number of hydrogen-bond acceptors (Lipinski definition) is 1. The van der Waals surface area contributed by atoms with Crippen LogP contribution in [0.2, 0.25) is 0 Å². The van der Waals surface area contributed by atoms with Gasteiger partial charge in [-0.3, -0.25) is 4.79 Å². The molecule has 2 nitrogen and oxygen atoms in total. The minimum absolute atomic E-state index is 0.123. The van der Waals surface area contributed by atoms with E-state index in [4.69, 9.17) is 0 Å². The van der Waals surface area contributed by atoms with Crippen molar-refractivity contribution in [1.82, 2.24) is 5.32 Å². The number of nitrogens with one attached hydrogen (secondary N) is 1. The van der Waals surface area contributed by atoms with Crippen molar-refractivity contribution in [3.63, 3.8) is 0 Å². The molecular weight excluding hydrogens is 282 g/mol. The normalized spacial score (nSPS) is 14.3. The Kier molecular flexibility index (Phi) is 5.12. The van der Waals surface area contributed by atoms with Gasteiger partial charge in [-0.15, -0.1) is 0 Å². The molecule has 0 saturated heterocycles. The maximum atomic E-state index is 12.3. The molecule has 0 aromatic heterocycles. The predicted octanol–water partition coefficient (Wildman–Crippen LogP) is 4.03. The average molecular weight is 307 g/mol. The molecule has 23 heavy (non-hydrogen) atoms. The van der Waals surface area contributed by atoms with Crippen LogP contribution >= 0.6 is 0 Å². The van der Waals surface area contributed by atoms with Crippen LogP contribution in [-0.4, -0.2) is 12.5 Å². The summed E-state index contributed by atoms with van der Waals surface area (Å²) < 4.78 is 0. The van der Waals surface area contributed by atoms with Gasteiger partial charge >= 0.3 is 0 Å². The number of benzene rings is 2. The molecule has 1 N–H and O–H groups in total. The van der Waals surface area contributed by atoms with Gasteiger partial charge in [0.05, 0.1) is 6.42 Å². The highest BCUT2D eigenvalue weighted by atomic mass is 16.1. The lowest BCUT2D eigenvalue weighted by molar-refractivity contribution is -0.120. The van der Waals surface area contributed by atoms with Crippen LogP contribution < -0.4 is 5.32 Å². The van der Waals surface area contributed by atoms with Crippen molar-refractivity contribution >= 4 is 5.91 Å². The predicted molar refractivity (Wildman–Crippen MR) is 94.7 cm³/mol. The van der Waals surface area contributed by atoms with Crippen LogP contribution in [0.25, 0.3) is 0 Å². The molecule has 0 bridgehead atoms. The summed E-state index contributed by atoms with van der Waals surface area (Å²) in [7, 11) is 0. The molecule has 1 aliphatic rings. The van der Waals surface area contributed by atoms with Crippen molar-refractivity contribution in [3.8, 4) is 0 Å². The molecule has 0 saturated carbocycles. The van der Waals surface area contributed by atoms with Crippen LogP contribution in [-0.2, 0) is 24.1 Å². The highest BCUT2D eigenvalue weighted by Gasteiger charge is 2.14. The Bertz CT molecular complexity index is 663. The maximum absolute atomic E-state index is 12.3. The fourth-order valence-electron chi connectivity index (χ4n) is 3.44. The van der Waals surface area contributed by atoms with Crippen LogP contribution in [0.5, 0.6) is 0 Å². The molecule has 120 valence electrons. The zero-order chi connectivity index (χ0) is 16.1. The third-order valence-electron chi connectivity index (χ3n) is 4.84. The zero-order valence-corrected chi connectivity index (χ0v) is 13.8. The van der Waals surface area contributed by atoms with Gasteiger partial charge in [0.2, 0.25) is 5.91 Å². The molecule has 0 unspecified atom stereocenters. The van der Waals surface area contributed by atoms with Gasteiger partial charge < -0.3 is 5.32 Å². The van der Waals surface area contributed by atoms with E-state index >= 15 is 0 Å². The van der Waals surface area contributed by atoms with Crippen LogP contribution in [0.3, 0.4) is 0 Å². The second-order valence-electron chi connectivity index (χ2n) is 6.45. The van der Waals surface area contributed by atoms with E-state index in [1.807, 2.05) is 6.07 Å². The Morgan fingerprint density at radius 3 is 2.65 bits per heavy atom. The van der Waals surface area contributed by atoms with E-state index in [0.29, 0.717) is 18.9 Å². The van der Waals surface area contributed by atoms with Crippen molar-refractivity contribution in [2.24, 2.45) is 0 Å². The Morgan fingerprint density at radius 1 is 1.09 bits per heavy atom. The first-order valence-electron chi connectivity index (χ1n) is 8.68. The van der Waals surface area contributed by atoms with Gasteiger partial charge in [0.1, 0.15) is 0 Å². The number of fused-ring (bicyclic) bond motifs is 1. The van der Waals surface area contributed by atoms with E-state index in [1.165, 1.54) is 29.5 Å². The number of amides is 1. The van der Waals surface area contributed by atoms with Crippen LogP contribution in [0.4, 0.5) is 0 Å². The molecule has 2 heteroatoms. The molecule has 2 aromatic carbocycles. The van der Waals surface area contributed by atoms with Gasteiger partial charge in [-0.1, -0.05) is 55.5 Å². The molecule has 0 radical (unpaired) electrons. The molecule has 0 spiro atoms. The molecule has 0 fully saturated rings. The standard InChI is InChI=1S/C21H25NO/c1-2-17(18-7-4-3-5-8-18)15-22-21(23)14-16-11-12-19-9-6-10-20(19)13-16/h3-5,7-8,11-13,17H,2,6,9-10,14-15H2,1H3,(H,22,23)/t17-/m0/s1. The minimum atomic E-state index is 0.123. The van der Waals surface area contributed by atoms with E-state index in [0.717, 1.165) is 18.4 Å². The van der Waals surface area contributed by atoms with E-state index in [9.17, 15) is 4.79 Å². The molecule has 3 rings (SSSR count). The molecule has 1 aliphatic carbocycles. The summed E-state index contributed by atoms with van der Waals surface area (Å²) in [5, 5.41) is 3.11. The first kappa shape index (κ1) is 15.8. The smallest absolute Gasteiger partial charge is 0.224 e. The van der Waals surface area contributed by atoms with Gasteiger partial charge in [-0.25, -0.2) is 0 Å². The van der Waals surface area contributed by atoms with Crippen LogP contribution in [0.15, 0.2) is 48.5 Å². The topological polar surface area (TPSA) is 29.1 Å². The van der Waals surface area contributed by atoms with Crippen molar-refractivity contribution in [2.75, 3.05) is 6.54 Å². The van der Waals surface area contributed by atoms with Crippen LogP contribution in [0, 0.1) is 0 Å². The summed E-state index contributed by atoms with van der Waals surface area (Å²) in [5.41, 5.74) is 5.33. The largest absolute Gasteiger partial charge is 0.355 e. The van der Waals surface area contributed by atoms with Gasteiger partial charge in [0, 0.05) is 12.5 Å². The molecule has 0 heterocycles. The van der Waals surface area contributed by atoms with Gasteiger partial charge in [-0.05, 0) is 47.9 Å². The van der Waals surface area contributed by atoms with E-state index in [1.54, 1.807) is 0 Å². The molecule has 0 aliphatic heterocycles. The molecule has 1 atom stereocenters. The van der Waals surface area contributed by atoms with Gasteiger partial charge in [0.15, 0.2) is 0 Å². The first-order valence-corrected chi connectivity index (χ1v) is 8.68. The maximum Gasteiger partial charge on any atom is 0.224 e. The Hall–Kier alpha value is -2.09. The minimum Gasteiger partial charge on any atom is -0.355 e. The Labute approximate surface area is 138 Å². The van der Waals surface area contributed by atoms with Gasteiger partial charge in [-0.2, -0.15) is 0 Å². The average Bonchev–Trinajstić information content (AvgIpc) is 3.04. The fourth-order valence-corrected chi connectivity index (χ4v) is 3.44. The Balaban J connectivity index is 1.55. The second-order valence-corrected chi connectivity index (χ2v) is 6.45. The lowest BCUT2D eigenvalue weighted by Gasteiger charge is -2.16. The summed E-state index contributed by atoms with van der Waals surface area (Å²) in [6, 6.07) is 17.0. The third-order valence-corrected chi connectivity index (χ3v) is 4.84. The highest BCUT2D eigenvalue weighted by molar-refractivity contribution is 5.78. The number of rotatable bonds is 6. The van der Waals surface area contributed by atoms with Gasteiger partial charge in [0.25, 0.3) is 0 Å². The monoisotopic (exact) mass is 307 g/mol. The van der Waals surface area contributed by atoms with Crippen molar-refractivity contribution in [3.05, 3.63) is 70.8 Å². The number of carbonyl (C=O) groups is 1. The molecule has 1 amide bonds. The Morgan fingerprint density at radius 2 is 1.87 bits per heavy atom. The lowest BCUT2D eigenvalue weighted by atomic mass is 9.96. The summed E-state index contributed by atoms with van der Waals surface area (Å²) >= 11 is 0. The third kappa shape index (κ3) is 4.01. The first-order chi connectivity index (χ1) is 11.3. The quantitative estimate of drug-likeness (QED) is 0.858. The van der Waals surface area contributed by atoms with Crippen molar-refractivity contribution in [1.29, 1.82) is 0 Å². The highest BCUT2D eigenvalue weighted by Crippen LogP contribution is 2.23. The van der Waals surface area contributed by atoms with Crippen molar-refractivity contribution in [2.45, 2.75) is 44.9 Å². The van der Waals surface area contributed by atoms with Crippen molar-refractivity contribution < 1.29 is 4.79 Å². The second kappa shape index (κ2) is 7.45. The SMILES string of the molecule is CC[C@@H](CNC(=O)Cc1ccc2c(c1)CCC2)c1ccccc1. The van der Waals surface area contributed by atoms with E-state index in [-0.39, 0.29) is 5.91 Å². The number of hydrogen-bond donors (Lipinski definition) is 1. The fraction of sp³-hybridized carbons (Fsp3) is 0.381. The zero-order valence-electron chi connectivity index (χ0n) is 13.8. The summed E-state index contributed by atoms with van der Waals surface area (Å²) in [6.45, 7) is 2.88. The summed E-state index contributed by atoms with van der Waals surface area (Å²) in [4.78, 5) is 12.3. The molecular formula is C21H25NO. The van der Waals surface area contributed by atoms with E-state index < -0.39 is 0 Å². The van der Waals surface area contributed by atoms with E-state index in [2.05, 4.69) is 54.7 Å². The van der Waals surface area contributed by atoms with Crippen LogP contribution in [0.1, 0.15) is 47.9 Å². The number of aryl methyl sites for hydroxylation is 2. The lowest BCUT2D eigenvalue weighted by Crippen LogP contribution is -2.29. The summed E-state index contributed by atoms with van der Waals surface area (Å²) in [5.74, 6) is 0.512. The summed E-state index contributed by atoms with van der Waals surface area (Å²) in [6.07, 6.45) is 5.12.